The number of nitrogens with zero attached hydrogens (tertiary/aromatic N) is 2. The Hall–Kier alpha value is -0.160. The third-order valence-corrected chi connectivity index (χ3v) is 5.01. The van der Waals surface area contributed by atoms with Gasteiger partial charge in [-0.2, -0.15) is 0 Å². The highest BCUT2D eigenvalue weighted by Crippen LogP contribution is 2.37. The number of hydrogen-bond acceptors (Lipinski definition) is 4. The fourth-order valence-corrected chi connectivity index (χ4v) is 3.64. The number of piperazine rings is 1. The average molecular weight is 255 g/mol. The lowest BCUT2D eigenvalue weighted by atomic mass is 9.88. The first kappa shape index (κ1) is 14.3. The lowest BCUT2D eigenvalue weighted by molar-refractivity contribution is -0.0000739. The third kappa shape index (κ3) is 3.05. The second kappa shape index (κ2) is 5.87. The molecule has 4 nitrogen and oxygen atoms in total. The minimum absolute atomic E-state index is 0.411. The normalized spacial score (nSPS) is 39.3. The number of nitrogens with two attached hydrogens (primary N) is 1. The summed E-state index contributed by atoms with van der Waals surface area (Å²) >= 11 is 0. The van der Waals surface area contributed by atoms with Crippen LogP contribution < -0.4 is 5.73 Å². The molecule has 106 valence electrons. The smallest absolute Gasteiger partial charge is 0.0797 e. The van der Waals surface area contributed by atoms with Gasteiger partial charge in [-0.05, 0) is 45.7 Å². The van der Waals surface area contributed by atoms with Crippen molar-refractivity contribution >= 4 is 0 Å². The van der Waals surface area contributed by atoms with Crippen molar-refractivity contribution in [3.8, 4) is 0 Å². The Bertz CT molecular complexity index is 274. The fraction of sp³-hybridized carbons (Fsp3) is 1.00. The summed E-state index contributed by atoms with van der Waals surface area (Å²) in [5, 5.41) is 10.4. The molecule has 0 amide bonds. The summed E-state index contributed by atoms with van der Waals surface area (Å²) in [6.45, 7) is 7.32. The van der Waals surface area contributed by atoms with Crippen LogP contribution in [0.5, 0.6) is 0 Å². The monoisotopic (exact) mass is 255 g/mol. The van der Waals surface area contributed by atoms with Crippen molar-refractivity contribution in [3.63, 3.8) is 0 Å². The maximum absolute atomic E-state index is 10.4. The van der Waals surface area contributed by atoms with Crippen LogP contribution in [0.25, 0.3) is 0 Å². The van der Waals surface area contributed by atoms with Crippen LogP contribution in [0.3, 0.4) is 0 Å². The van der Waals surface area contributed by atoms with Gasteiger partial charge in [0.05, 0.1) is 5.60 Å². The molecule has 0 radical (unpaired) electrons. The lowest BCUT2D eigenvalue weighted by Crippen LogP contribution is -2.51. The molecule has 0 aromatic carbocycles. The Kier molecular flexibility index (Phi) is 4.64. The summed E-state index contributed by atoms with van der Waals surface area (Å²) in [5.41, 5.74) is 5.17. The summed E-state index contributed by atoms with van der Waals surface area (Å²) in [6, 6.07) is 0.635. The predicted octanol–water partition coefficient (Wildman–Crippen LogP) is 0.502. The molecule has 1 aliphatic heterocycles. The van der Waals surface area contributed by atoms with Gasteiger partial charge in [0.15, 0.2) is 0 Å². The second-order valence-corrected chi connectivity index (χ2v) is 6.33. The van der Waals surface area contributed by atoms with Gasteiger partial charge >= 0.3 is 0 Å². The van der Waals surface area contributed by atoms with E-state index in [1.807, 2.05) is 0 Å². The number of aliphatic hydroxyl groups is 1. The molecule has 3 atom stereocenters. The van der Waals surface area contributed by atoms with Crippen molar-refractivity contribution in [3.05, 3.63) is 0 Å². The van der Waals surface area contributed by atoms with Crippen LogP contribution in [-0.4, -0.2) is 66.3 Å². The quantitative estimate of drug-likeness (QED) is 0.768. The van der Waals surface area contributed by atoms with Crippen molar-refractivity contribution in [2.24, 2.45) is 11.7 Å². The van der Waals surface area contributed by atoms with Crippen LogP contribution in [0.15, 0.2) is 0 Å². The SMILES string of the molecule is CC1CN(C)CCN1CCC1CCCC1(O)CN. The Morgan fingerprint density at radius 1 is 1.39 bits per heavy atom. The second-order valence-electron chi connectivity index (χ2n) is 6.33. The van der Waals surface area contributed by atoms with Gasteiger partial charge in [-0.3, -0.25) is 4.90 Å². The van der Waals surface area contributed by atoms with E-state index in [4.69, 9.17) is 5.73 Å². The first-order chi connectivity index (χ1) is 8.55. The topological polar surface area (TPSA) is 52.7 Å². The van der Waals surface area contributed by atoms with Crippen LogP contribution in [-0.2, 0) is 0 Å². The summed E-state index contributed by atoms with van der Waals surface area (Å²) in [5.74, 6) is 0.411. The Morgan fingerprint density at radius 2 is 2.17 bits per heavy atom. The van der Waals surface area contributed by atoms with E-state index in [1.165, 1.54) is 0 Å². The molecule has 2 fully saturated rings. The highest BCUT2D eigenvalue weighted by molar-refractivity contribution is 4.93. The van der Waals surface area contributed by atoms with Gasteiger partial charge in [0.2, 0.25) is 0 Å². The van der Waals surface area contributed by atoms with E-state index >= 15 is 0 Å². The van der Waals surface area contributed by atoms with Gasteiger partial charge in [0.25, 0.3) is 0 Å². The van der Waals surface area contributed by atoms with Gasteiger partial charge in [-0.1, -0.05) is 6.42 Å². The van der Waals surface area contributed by atoms with Crippen LogP contribution in [0.4, 0.5) is 0 Å². The molecule has 1 saturated carbocycles. The third-order valence-electron chi connectivity index (χ3n) is 5.01. The van der Waals surface area contributed by atoms with E-state index in [0.29, 0.717) is 18.5 Å². The summed E-state index contributed by atoms with van der Waals surface area (Å²) in [7, 11) is 2.19. The van der Waals surface area contributed by atoms with Crippen molar-refractivity contribution in [1.82, 2.24) is 9.80 Å². The summed E-state index contributed by atoms with van der Waals surface area (Å²) < 4.78 is 0. The van der Waals surface area contributed by atoms with Gasteiger partial charge in [-0.15, -0.1) is 0 Å². The molecule has 3 N–H and O–H groups in total. The van der Waals surface area contributed by atoms with E-state index in [1.54, 1.807) is 0 Å². The molecule has 0 bridgehead atoms. The van der Waals surface area contributed by atoms with E-state index in [0.717, 1.165) is 51.9 Å². The molecule has 4 heteroatoms. The van der Waals surface area contributed by atoms with E-state index < -0.39 is 5.60 Å². The van der Waals surface area contributed by atoms with Crippen LogP contribution in [0, 0.1) is 5.92 Å². The molecule has 0 aromatic heterocycles. The number of rotatable bonds is 4. The zero-order chi connectivity index (χ0) is 13.2. The van der Waals surface area contributed by atoms with E-state index in [-0.39, 0.29) is 0 Å². The first-order valence-electron chi connectivity index (χ1n) is 7.40. The van der Waals surface area contributed by atoms with Crippen LogP contribution in [0.2, 0.25) is 0 Å². The zero-order valence-corrected chi connectivity index (χ0v) is 11.9. The molecule has 3 unspecified atom stereocenters. The fourth-order valence-electron chi connectivity index (χ4n) is 3.64. The highest BCUT2D eigenvalue weighted by atomic mass is 16.3. The molecule has 0 spiro atoms. The maximum Gasteiger partial charge on any atom is 0.0797 e. The maximum atomic E-state index is 10.4. The van der Waals surface area contributed by atoms with Gasteiger partial charge < -0.3 is 15.7 Å². The van der Waals surface area contributed by atoms with Gasteiger partial charge in [0.1, 0.15) is 0 Å². The average Bonchev–Trinajstić information content (AvgIpc) is 2.71. The van der Waals surface area contributed by atoms with Crippen molar-refractivity contribution < 1.29 is 5.11 Å². The molecular formula is C14H29N3O. The first-order valence-corrected chi connectivity index (χ1v) is 7.40. The molecule has 18 heavy (non-hydrogen) atoms. The summed E-state index contributed by atoms with van der Waals surface area (Å²) in [4.78, 5) is 4.96. The van der Waals surface area contributed by atoms with E-state index in [2.05, 4.69) is 23.8 Å². The largest absolute Gasteiger partial charge is 0.388 e. The highest BCUT2D eigenvalue weighted by Gasteiger charge is 2.39. The number of likely N-dealkylation sites (N-methyl/N-ethyl adjacent to an activating group) is 1. The Balaban J connectivity index is 1.81. The van der Waals surface area contributed by atoms with Gasteiger partial charge in [-0.25, -0.2) is 0 Å². The molecule has 1 aliphatic carbocycles. The van der Waals surface area contributed by atoms with Crippen molar-refractivity contribution in [1.29, 1.82) is 0 Å². The van der Waals surface area contributed by atoms with Crippen LogP contribution in [0.1, 0.15) is 32.6 Å². The summed E-state index contributed by atoms with van der Waals surface area (Å²) in [6.07, 6.45) is 4.28. The minimum Gasteiger partial charge on any atom is -0.388 e. The number of hydrogen-bond donors (Lipinski definition) is 2. The lowest BCUT2D eigenvalue weighted by Gasteiger charge is -2.39. The molecule has 0 aromatic rings. The predicted molar refractivity (Wildman–Crippen MR) is 74.5 cm³/mol. The van der Waals surface area contributed by atoms with Gasteiger partial charge in [0, 0.05) is 32.2 Å². The molecule has 2 aliphatic rings. The Labute approximate surface area is 111 Å². The van der Waals surface area contributed by atoms with Crippen LogP contribution >= 0.6 is 0 Å². The minimum atomic E-state index is -0.574. The standard InChI is InChI=1S/C14H29N3O/c1-12-10-16(2)8-9-17(12)7-5-13-4-3-6-14(13,18)11-15/h12-13,18H,3-11,15H2,1-2H3. The molecule has 1 saturated heterocycles. The Morgan fingerprint density at radius 3 is 2.83 bits per heavy atom. The zero-order valence-electron chi connectivity index (χ0n) is 11.9. The van der Waals surface area contributed by atoms with E-state index in [9.17, 15) is 5.11 Å². The molecular weight excluding hydrogens is 226 g/mol. The molecule has 2 rings (SSSR count). The van der Waals surface area contributed by atoms with Crippen molar-refractivity contribution in [2.75, 3.05) is 39.8 Å². The van der Waals surface area contributed by atoms with Crippen molar-refractivity contribution in [2.45, 2.75) is 44.2 Å². The molecule has 1 heterocycles.